The highest BCUT2D eigenvalue weighted by atomic mass is 32.1. The average molecular weight is 476 g/mol. The molecule has 0 bridgehead atoms. The Morgan fingerprint density at radius 1 is 1.18 bits per heavy atom. The molecule has 2 aromatic carbocycles. The van der Waals surface area contributed by atoms with Crippen molar-refractivity contribution < 1.29 is 23.8 Å². The summed E-state index contributed by atoms with van der Waals surface area (Å²) in [5.41, 5.74) is 1.27. The number of aliphatic hydroxyl groups is 1. The number of aliphatic hydroxyl groups excluding tert-OH is 1. The lowest BCUT2D eigenvalue weighted by molar-refractivity contribution is -0.132. The van der Waals surface area contributed by atoms with Crippen molar-refractivity contribution in [1.29, 1.82) is 0 Å². The molecular formula is C25H18FN3O4S. The van der Waals surface area contributed by atoms with Gasteiger partial charge >= 0.3 is 5.91 Å². The van der Waals surface area contributed by atoms with E-state index in [-0.39, 0.29) is 16.5 Å². The van der Waals surface area contributed by atoms with Crippen molar-refractivity contribution >= 4 is 44.1 Å². The van der Waals surface area contributed by atoms with Crippen LogP contribution in [0.3, 0.4) is 0 Å². The van der Waals surface area contributed by atoms with Gasteiger partial charge in [0.05, 0.1) is 28.4 Å². The number of thiazole rings is 1. The SMILES string of the molecule is CCOc1cccc(/C(O)=C2\C(=O)C(=O)N(c3nc4ccc(F)cc4s3)C2c2cccnc2)c1. The van der Waals surface area contributed by atoms with Gasteiger partial charge in [0, 0.05) is 18.0 Å². The van der Waals surface area contributed by atoms with Crippen LogP contribution in [0.4, 0.5) is 9.52 Å². The number of aromatic nitrogens is 2. The average Bonchev–Trinajstić information content (AvgIpc) is 3.37. The molecule has 1 aliphatic heterocycles. The summed E-state index contributed by atoms with van der Waals surface area (Å²) in [4.78, 5) is 36.3. The normalized spacial score (nSPS) is 17.5. The molecule has 5 rings (SSSR count). The van der Waals surface area contributed by atoms with Crippen LogP contribution >= 0.6 is 11.3 Å². The molecule has 1 N–H and O–H groups in total. The fourth-order valence-corrected chi connectivity index (χ4v) is 4.94. The van der Waals surface area contributed by atoms with E-state index < -0.39 is 23.5 Å². The Morgan fingerprint density at radius 2 is 2.03 bits per heavy atom. The summed E-state index contributed by atoms with van der Waals surface area (Å²) in [6.45, 7) is 2.27. The van der Waals surface area contributed by atoms with Gasteiger partial charge < -0.3 is 9.84 Å². The van der Waals surface area contributed by atoms with Crippen molar-refractivity contribution in [2.75, 3.05) is 11.5 Å². The van der Waals surface area contributed by atoms with E-state index in [1.807, 2.05) is 6.92 Å². The van der Waals surface area contributed by atoms with Crippen molar-refractivity contribution in [2.45, 2.75) is 13.0 Å². The van der Waals surface area contributed by atoms with Gasteiger partial charge in [-0.1, -0.05) is 29.5 Å². The summed E-state index contributed by atoms with van der Waals surface area (Å²) >= 11 is 1.09. The molecule has 4 aromatic rings. The van der Waals surface area contributed by atoms with E-state index in [9.17, 15) is 19.1 Å². The molecule has 0 saturated carbocycles. The van der Waals surface area contributed by atoms with Gasteiger partial charge in [-0.15, -0.1) is 0 Å². The lowest BCUT2D eigenvalue weighted by Crippen LogP contribution is -2.29. The second-order valence-electron chi connectivity index (χ2n) is 7.52. The molecule has 7 nitrogen and oxygen atoms in total. The van der Waals surface area contributed by atoms with Crippen molar-refractivity contribution in [3.63, 3.8) is 0 Å². The smallest absolute Gasteiger partial charge is 0.301 e. The van der Waals surface area contributed by atoms with Crippen LogP contribution in [-0.4, -0.2) is 33.4 Å². The molecule has 0 radical (unpaired) electrons. The third kappa shape index (κ3) is 3.69. The minimum absolute atomic E-state index is 0.0860. The summed E-state index contributed by atoms with van der Waals surface area (Å²) in [5.74, 6) is -1.92. The van der Waals surface area contributed by atoms with Gasteiger partial charge in [0.1, 0.15) is 17.3 Å². The fraction of sp³-hybridized carbons (Fsp3) is 0.120. The highest BCUT2D eigenvalue weighted by Gasteiger charge is 2.48. The van der Waals surface area contributed by atoms with E-state index in [1.54, 1.807) is 42.6 Å². The molecule has 34 heavy (non-hydrogen) atoms. The summed E-state index contributed by atoms with van der Waals surface area (Å²) in [5, 5.41) is 11.4. The van der Waals surface area contributed by atoms with Crippen LogP contribution in [0, 0.1) is 5.82 Å². The number of rotatable bonds is 5. The number of anilines is 1. The van der Waals surface area contributed by atoms with Crippen LogP contribution in [-0.2, 0) is 9.59 Å². The van der Waals surface area contributed by atoms with Crippen LogP contribution in [0.1, 0.15) is 24.1 Å². The minimum Gasteiger partial charge on any atom is -0.507 e. The Morgan fingerprint density at radius 3 is 2.79 bits per heavy atom. The Bertz CT molecular complexity index is 1450. The lowest BCUT2D eigenvalue weighted by Gasteiger charge is -2.22. The number of pyridine rings is 1. The molecule has 2 aromatic heterocycles. The van der Waals surface area contributed by atoms with E-state index in [1.165, 1.54) is 29.3 Å². The standard InChI is InChI=1S/C25H18FN3O4S/c1-2-33-17-7-3-5-14(11-17)22(30)20-21(15-6-4-10-27-13-15)29(24(32)23(20)31)25-28-18-9-8-16(26)12-19(18)34-25/h3-13,21,30H,2H2,1H3/b22-20+. The van der Waals surface area contributed by atoms with E-state index >= 15 is 0 Å². The molecule has 0 spiro atoms. The number of amides is 1. The molecule has 9 heteroatoms. The monoisotopic (exact) mass is 475 g/mol. The first-order valence-corrected chi connectivity index (χ1v) is 11.3. The second-order valence-corrected chi connectivity index (χ2v) is 8.53. The first-order valence-electron chi connectivity index (χ1n) is 10.5. The molecule has 1 fully saturated rings. The number of carbonyl (C=O) groups excluding carboxylic acids is 2. The second kappa shape index (κ2) is 8.68. The van der Waals surface area contributed by atoms with Gasteiger partial charge in [0.15, 0.2) is 5.13 Å². The molecule has 1 saturated heterocycles. The molecule has 1 aliphatic rings. The molecule has 170 valence electrons. The Kier molecular flexibility index (Phi) is 5.54. The van der Waals surface area contributed by atoms with Crippen LogP contribution in [0.2, 0.25) is 0 Å². The molecule has 1 atom stereocenters. The zero-order valence-electron chi connectivity index (χ0n) is 17.9. The number of ether oxygens (including phenoxy) is 1. The predicted molar refractivity (Wildman–Crippen MR) is 126 cm³/mol. The summed E-state index contributed by atoms with van der Waals surface area (Å²) < 4.78 is 19.8. The molecule has 3 heterocycles. The minimum atomic E-state index is -0.963. The number of hydrogen-bond acceptors (Lipinski definition) is 7. The van der Waals surface area contributed by atoms with Crippen molar-refractivity contribution in [2.24, 2.45) is 0 Å². The van der Waals surface area contributed by atoms with Crippen molar-refractivity contribution in [3.05, 3.63) is 89.5 Å². The van der Waals surface area contributed by atoms with Gasteiger partial charge in [0.25, 0.3) is 5.78 Å². The van der Waals surface area contributed by atoms with Gasteiger partial charge in [-0.25, -0.2) is 9.37 Å². The molecule has 0 aliphatic carbocycles. The molecule has 1 unspecified atom stereocenters. The van der Waals surface area contributed by atoms with E-state index in [4.69, 9.17) is 4.74 Å². The maximum absolute atomic E-state index is 13.7. The van der Waals surface area contributed by atoms with E-state index in [2.05, 4.69) is 9.97 Å². The van der Waals surface area contributed by atoms with Crippen LogP contribution < -0.4 is 9.64 Å². The first-order chi connectivity index (χ1) is 16.5. The fourth-order valence-electron chi connectivity index (χ4n) is 3.93. The third-order valence-electron chi connectivity index (χ3n) is 5.41. The van der Waals surface area contributed by atoms with Crippen molar-refractivity contribution in [1.82, 2.24) is 9.97 Å². The zero-order valence-corrected chi connectivity index (χ0v) is 18.8. The number of fused-ring (bicyclic) bond motifs is 1. The highest BCUT2D eigenvalue weighted by molar-refractivity contribution is 7.22. The summed E-state index contributed by atoms with van der Waals surface area (Å²) in [7, 11) is 0. The van der Waals surface area contributed by atoms with Gasteiger partial charge in [-0.3, -0.25) is 19.5 Å². The number of hydrogen-bond donors (Lipinski definition) is 1. The maximum atomic E-state index is 13.7. The predicted octanol–water partition coefficient (Wildman–Crippen LogP) is 4.86. The largest absolute Gasteiger partial charge is 0.507 e. The van der Waals surface area contributed by atoms with Crippen LogP contribution in [0.25, 0.3) is 16.0 Å². The van der Waals surface area contributed by atoms with Crippen LogP contribution in [0.15, 0.2) is 72.6 Å². The van der Waals surface area contributed by atoms with Gasteiger partial charge in [-0.2, -0.15) is 0 Å². The maximum Gasteiger partial charge on any atom is 0.301 e. The molecule has 1 amide bonds. The summed E-state index contributed by atoms with van der Waals surface area (Å²) in [6, 6.07) is 13.2. The number of carbonyl (C=O) groups is 2. The quantitative estimate of drug-likeness (QED) is 0.252. The Hall–Kier alpha value is -4.11. The Balaban J connectivity index is 1.70. The molecular weight excluding hydrogens is 457 g/mol. The van der Waals surface area contributed by atoms with E-state index in [0.717, 1.165) is 11.3 Å². The van der Waals surface area contributed by atoms with Crippen molar-refractivity contribution in [3.8, 4) is 5.75 Å². The summed E-state index contributed by atoms with van der Waals surface area (Å²) in [6.07, 6.45) is 3.10. The van der Waals surface area contributed by atoms with Gasteiger partial charge in [-0.05, 0) is 48.9 Å². The number of Topliss-reactive ketones (excluding diaryl/α,β-unsaturated/α-hetero) is 1. The van der Waals surface area contributed by atoms with Gasteiger partial charge in [0.2, 0.25) is 0 Å². The van der Waals surface area contributed by atoms with Crippen LogP contribution in [0.5, 0.6) is 5.75 Å². The lowest BCUT2D eigenvalue weighted by atomic mass is 9.96. The zero-order chi connectivity index (χ0) is 23.8. The van der Waals surface area contributed by atoms with E-state index in [0.29, 0.717) is 33.7 Å². The number of nitrogens with zero attached hydrogens (tertiary/aromatic N) is 3. The number of benzene rings is 2. The topological polar surface area (TPSA) is 92.6 Å². The highest BCUT2D eigenvalue weighted by Crippen LogP contribution is 2.44. The number of ketones is 1. The third-order valence-corrected chi connectivity index (χ3v) is 6.43. The Labute approximate surface area is 197 Å². The number of halogens is 1. The first kappa shape index (κ1) is 21.7.